The molecule has 0 bridgehead atoms. The van der Waals surface area contributed by atoms with Gasteiger partial charge in [-0.15, -0.1) is 0 Å². The van der Waals surface area contributed by atoms with Gasteiger partial charge in [0.05, 0.1) is 24.2 Å². The van der Waals surface area contributed by atoms with Gasteiger partial charge in [0.25, 0.3) is 10.1 Å². The lowest BCUT2D eigenvalue weighted by molar-refractivity contribution is -0.118. The third-order valence-electron chi connectivity index (χ3n) is 3.25. The van der Waals surface area contributed by atoms with E-state index in [-0.39, 0.29) is 19.6 Å². The zero-order chi connectivity index (χ0) is 17.7. The maximum Gasteiger partial charge on any atom is 0.415 e. The van der Waals surface area contributed by atoms with Crippen molar-refractivity contribution in [2.45, 2.75) is 12.5 Å². The molecule has 0 spiro atoms. The molecule has 0 saturated heterocycles. The highest BCUT2D eigenvalue weighted by Gasteiger charge is 2.37. The minimum atomic E-state index is -3.63. The van der Waals surface area contributed by atoms with Crippen LogP contribution in [-0.4, -0.2) is 45.9 Å². The molecule has 1 aromatic carbocycles. The molecule has 1 unspecified atom stereocenters. The van der Waals surface area contributed by atoms with E-state index in [1.807, 2.05) is 0 Å². The summed E-state index contributed by atoms with van der Waals surface area (Å²) in [4.78, 5) is 25.9. The van der Waals surface area contributed by atoms with Crippen molar-refractivity contribution < 1.29 is 26.9 Å². The second kappa shape index (κ2) is 7.45. The number of rotatable bonds is 6. The van der Waals surface area contributed by atoms with Gasteiger partial charge in [-0.1, -0.05) is 24.8 Å². The number of ether oxygens (including phenoxy) is 1. The second-order valence-corrected chi connectivity index (χ2v) is 6.72. The molecule has 1 aliphatic rings. The maximum atomic E-state index is 12.4. The van der Waals surface area contributed by atoms with E-state index in [2.05, 4.69) is 16.1 Å². The summed E-state index contributed by atoms with van der Waals surface area (Å²) in [6.07, 6.45) is 1.60. The lowest BCUT2D eigenvalue weighted by atomic mass is 10.1. The number of hydrogen-bond acceptors (Lipinski definition) is 6. The quantitative estimate of drug-likeness (QED) is 0.614. The first-order chi connectivity index (χ1) is 11.3. The Morgan fingerprint density at radius 3 is 2.79 bits per heavy atom. The molecule has 1 aliphatic heterocycles. The van der Waals surface area contributed by atoms with E-state index in [1.54, 1.807) is 24.3 Å². The Hall–Kier alpha value is -2.39. The van der Waals surface area contributed by atoms with Crippen molar-refractivity contribution in [1.82, 2.24) is 0 Å². The minimum Gasteiger partial charge on any atom is -0.445 e. The van der Waals surface area contributed by atoms with E-state index in [4.69, 9.17) is 4.74 Å². The van der Waals surface area contributed by atoms with Crippen molar-refractivity contribution in [2.75, 3.05) is 29.7 Å². The van der Waals surface area contributed by atoms with Gasteiger partial charge < -0.3 is 10.1 Å². The number of carbonyl (C=O) groups is 2. The van der Waals surface area contributed by atoms with Gasteiger partial charge in [-0.3, -0.25) is 13.9 Å². The van der Waals surface area contributed by atoms with Crippen LogP contribution in [0.5, 0.6) is 0 Å². The van der Waals surface area contributed by atoms with Gasteiger partial charge in [-0.05, 0) is 12.1 Å². The number of carbonyl (C=O) groups excluding carboxylic acids is 2. The summed E-state index contributed by atoms with van der Waals surface area (Å²) in [6.45, 7) is 3.23. The monoisotopic (exact) mass is 354 g/mol. The number of nitrogens with one attached hydrogen (secondary N) is 1. The van der Waals surface area contributed by atoms with Gasteiger partial charge in [0.15, 0.2) is 0 Å². The van der Waals surface area contributed by atoms with Crippen LogP contribution in [0.2, 0.25) is 0 Å². The SMILES string of the molecule is C=CCOC(=O)N1c2ccccc2NC(=O)C1CCOS(C)(=O)=O. The van der Waals surface area contributed by atoms with Gasteiger partial charge >= 0.3 is 6.09 Å². The molecular weight excluding hydrogens is 336 g/mol. The lowest BCUT2D eigenvalue weighted by Gasteiger charge is -2.35. The fraction of sp³-hybridized carbons (Fsp3) is 0.333. The summed E-state index contributed by atoms with van der Waals surface area (Å²) >= 11 is 0. The van der Waals surface area contributed by atoms with E-state index < -0.39 is 28.2 Å². The topological polar surface area (TPSA) is 102 Å². The van der Waals surface area contributed by atoms with Crippen LogP contribution in [0.1, 0.15) is 6.42 Å². The van der Waals surface area contributed by atoms with Crippen LogP contribution in [0.15, 0.2) is 36.9 Å². The highest BCUT2D eigenvalue weighted by atomic mass is 32.2. The van der Waals surface area contributed by atoms with E-state index in [0.717, 1.165) is 6.26 Å². The molecule has 2 amide bonds. The van der Waals surface area contributed by atoms with Crippen LogP contribution in [0.4, 0.5) is 16.2 Å². The number of fused-ring (bicyclic) bond motifs is 1. The standard InChI is InChI=1S/C15H18N2O6S/c1-3-9-22-15(19)17-12-7-5-4-6-11(12)16-14(18)13(17)8-10-23-24(2,20)21/h3-7,13H,1,8-10H2,2H3,(H,16,18). The number of para-hydroxylation sites is 2. The van der Waals surface area contributed by atoms with Gasteiger partial charge in [-0.25, -0.2) is 4.79 Å². The van der Waals surface area contributed by atoms with E-state index >= 15 is 0 Å². The molecule has 0 saturated carbocycles. The van der Waals surface area contributed by atoms with Crippen LogP contribution in [0.25, 0.3) is 0 Å². The van der Waals surface area contributed by atoms with Crippen LogP contribution >= 0.6 is 0 Å². The zero-order valence-electron chi connectivity index (χ0n) is 13.1. The van der Waals surface area contributed by atoms with Gasteiger partial charge in [0.1, 0.15) is 12.6 Å². The van der Waals surface area contributed by atoms with Crippen molar-refractivity contribution in [3.8, 4) is 0 Å². The maximum absolute atomic E-state index is 12.4. The molecule has 9 heteroatoms. The molecule has 1 N–H and O–H groups in total. The van der Waals surface area contributed by atoms with Crippen LogP contribution in [0, 0.1) is 0 Å². The average molecular weight is 354 g/mol. The molecule has 2 rings (SSSR count). The Labute approximate surface area is 140 Å². The zero-order valence-corrected chi connectivity index (χ0v) is 13.9. The van der Waals surface area contributed by atoms with Crippen molar-refractivity contribution in [1.29, 1.82) is 0 Å². The number of hydrogen-bond donors (Lipinski definition) is 1. The Kier molecular flexibility index (Phi) is 5.58. The largest absolute Gasteiger partial charge is 0.445 e. The fourth-order valence-electron chi connectivity index (χ4n) is 2.29. The summed E-state index contributed by atoms with van der Waals surface area (Å²) in [5, 5.41) is 2.69. The first-order valence-corrected chi connectivity index (χ1v) is 8.96. The Morgan fingerprint density at radius 1 is 1.42 bits per heavy atom. The highest BCUT2D eigenvalue weighted by molar-refractivity contribution is 7.85. The summed E-state index contributed by atoms with van der Waals surface area (Å²) in [5.74, 6) is -0.443. The predicted molar refractivity (Wildman–Crippen MR) is 88.3 cm³/mol. The normalized spacial score (nSPS) is 17.0. The third kappa shape index (κ3) is 4.33. The van der Waals surface area contributed by atoms with E-state index in [1.165, 1.54) is 11.0 Å². The molecular formula is C15H18N2O6S. The minimum absolute atomic E-state index is 0.00354. The van der Waals surface area contributed by atoms with Crippen molar-refractivity contribution >= 4 is 33.5 Å². The Morgan fingerprint density at radius 2 is 2.12 bits per heavy atom. The molecule has 0 aromatic heterocycles. The predicted octanol–water partition coefficient (Wildman–Crippen LogP) is 1.50. The smallest absolute Gasteiger partial charge is 0.415 e. The third-order valence-corrected chi connectivity index (χ3v) is 3.84. The molecule has 8 nitrogen and oxygen atoms in total. The fourth-order valence-corrected chi connectivity index (χ4v) is 2.69. The van der Waals surface area contributed by atoms with E-state index in [9.17, 15) is 18.0 Å². The summed E-state index contributed by atoms with van der Waals surface area (Å²) in [7, 11) is -3.63. The number of nitrogens with zero attached hydrogens (tertiary/aromatic N) is 1. The van der Waals surface area contributed by atoms with Crippen LogP contribution in [0.3, 0.4) is 0 Å². The summed E-state index contributed by atoms with van der Waals surface area (Å²) in [6, 6.07) is 5.81. The molecule has 0 radical (unpaired) electrons. The summed E-state index contributed by atoms with van der Waals surface area (Å²) in [5.41, 5.74) is 0.939. The lowest BCUT2D eigenvalue weighted by Crippen LogP contribution is -2.51. The van der Waals surface area contributed by atoms with Gasteiger partial charge in [-0.2, -0.15) is 8.42 Å². The Balaban J connectivity index is 2.27. The molecule has 0 aliphatic carbocycles. The molecule has 1 aromatic rings. The molecule has 24 heavy (non-hydrogen) atoms. The molecule has 1 heterocycles. The molecule has 0 fully saturated rings. The van der Waals surface area contributed by atoms with Gasteiger partial charge in [0.2, 0.25) is 5.91 Å². The van der Waals surface area contributed by atoms with Crippen molar-refractivity contribution in [3.63, 3.8) is 0 Å². The van der Waals surface area contributed by atoms with Gasteiger partial charge in [0, 0.05) is 6.42 Å². The number of amides is 2. The first-order valence-electron chi connectivity index (χ1n) is 7.14. The number of anilines is 2. The van der Waals surface area contributed by atoms with E-state index in [0.29, 0.717) is 11.4 Å². The molecule has 130 valence electrons. The highest BCUT2D eigenvalue weighted by Crippen LogP contribution is 2.33. The number of benzene rings is 1. The van der Waals surface area contributed by atoms with Crippen molar-refractivity contribution in [2.24, 2.45) is 0 Å². The summed E-state index contributed by atoms with van der Waals surface area (Å²) < 4.78 is 31.9. The molecule has 1 atom stereocenters. The second-order valence-electron chi connectivity index (χ2n) is 5.07. The average Bonchev–Trinajstić information content (AvgIpc) is 2.51. The van der Waals surface area contributed by atoms with Crippen LogP contribution < -0.4 is 10.2 Å². The van der Waals surface area contributed by atoms with Crippen molar-refractivity contribution in [3.05, 3.63) is 36.9 Å². The first kappa shape index (κ1) is 18.0. The van der Waals surface area contributed by atoms with Crippen LogP contribution in [-0.2, 0) is 23.8 Å². The Bertz CT molecular complexity index is 746.